The first-order valence-electron chi connectivity index (χ1n) is 15.6. The number of azide groups is 2. The third-order valence-corrected chi connectivity index (χ3v) is 12.1. The second-order valence-corrected chi connectivity index (χ2v) is 15.2. The summed E-state index contributed by atoms with van der Waals surface area (Å²) >= 11 is 0. The molecule has 0 spiro atoms. The van der Waals surface area contributed by atoms with Crippen LogP contribution >= 0.6 is 0 Å². The molecule has 0 radical (unpaired) electrons. The van der Waals surface area contributed by atoms with Gasteiger partial charge in [0.25, 0.3) is 0 Å². The molecule has 2 N–H and O–H groups in total. The third kappa shape index (κ3) is 8.58. The number of anilines is 5. The smallest absolute Gasteiger partial charge is 0.232 e. The average Bonchev–Trinajstić information content (AvgIpc) is 3.09. The molecular formula is C30H42N14O2S. The Labute approximate surface area is 275 Å². The predicted molar refractivity (Wildman–Crippen MR) is 185 cm³/mol. The van der Waals surface area contributed by atoms with Crippen LogP contribution in [0.3, 0.4) is 0 Å². The minimum absolute atomic E-state index is 0.121. The van der Waals surface area contributed by atoms with E-state index in [1.54, 1.807) is 25.3 Å². The highest BCUT2D eigenvalue weighted by Gasteiger charge is 2.27. The van der Waals surface area contributed by atoms with Gasteiger partial charge in [0.1, 0.15) is 12.1 Å². The molecular weight excluding hydrogens is 620 g/mol. The Hall–Kier alpha value is -4.66. The van der Waals surface area contributed by atoms with Gasteiger partial charge in [-0.3, -0.25) is 9.11 Å². The molecule has 5 rings (SSSR count). The molecule has 2 aliphatic heterocycles. The van der Waals surface area contributed by atoms with E-state index in [-0.39, 0.29) is 30.4 Å². The Morgan fingerprint density at radius 1 is 0.979 bits per heavy atom. The zero-order chi connectivity index (χ0) is 33.2. The van der Waals surface area contributed by atoms with E-state index >= 15 is 0 Å². The van der Waals surface area contributed by atoms with Crippen molar-refractivity contribution >= 4 is 38.9 Å². The molecule has 2 saturated heterocycles. The van der Waals surface area contributed by atoms with Gasteiger partial charge in [0.15, 0.2) is 6.73 Å². The summed E-state index contributed by atoms with van der Waals surface area (Å²) in [5, 5.41) is 13.2. The Morgan fingerprint density at radius 2 is 1.66 bits per heavy atom. The number of piperidine rings is 1. The molecule has 16 nitrogen and oxygen atoms in total. The number of rotatable bonds is 13. The number of nitrogens with one attached hydrogen (secondary N) is 2. The average molecular weight is 663 g/mol. The van der Waals surface area contributed by atoms with Crippen molar-refractivity contribution < 1.29 is 8.95 Å². The Balaban J connectivity index is 1.30. The standard InChI is InChI=1S/C30H42N14O2S/c1-22(19-35-40-31)47(3,45)28-7-5-4-6-26(28)38-30-34-20-33-29(39-30)37-25-9-8-24(18-27(25)46-21-36-41-32)43-12-10-23(11-13-43)44-16-14-42(2)15-17-44/h4-9,18,20,22-23,47H,10-17,19,21H2,1-3H3,(H2,33,34,37,38,39). The fourth-order valence-corrected chi connectivity index (χ4v) is 7.75. The van der Waals surface area contributed by atoms with Crippen LogP contribution in [0.25, 0.3) is 20.9 Å². The summed E-state index contributed by atoms with van der Waals surface area (Å²) in [7, 11) is -0.748. The molecule has 1 unspecified atom stereocenters. The Bertz CT molecular complexity index is 1660. The van der Waals surface area contributed by atoms with E-state index in [2.05, 4.69) is 67.4 Å². The van der Waals surface area contributed by atoms with E-state index < -0.39 is 9.93 Å². The maximum atomic E-state index is 13.8. The largest absolute Gasteiger partial charge is 0.485 e. The van der Waals surface area contributed by atoms with Gasteiger partial charge in [-0.1, -0.05) is 39.2 Å². The topological polar surface area (TPSA) is 196 Å². The summed E-state index contributed by atoms with van der Waals surface area (Å²) in [5.74, 6) is 0.997. The van der Waals surface area contributed by atoms with Crippen molar-refractivity contribution in [2.75, 3.05) is 81.4 Å². The molecule has 0 aliphatic carbocycles. The molecule has 2 aliphatic rings. The van der Waals surface area contributed by atoms with Gasteiger partial charge in [-0.2, -0.15) is 4.98 Å². The van der Waals surface area contributed by atoms with Crippen LogP contribution in [0.5, 0.6) is 5.75 Å². The highest BCUT2D eigenvalue weighted by Crippen LogP contribution is 2.34. The third-order valence-electron chi connectivity index (χ3n) is 8.89. The lowest BCUT2D eigenvalue weighted by molar-refractivity contribution is 0.0982. The first-order chi connectivity index (χ1) is 22.8. The minimum Gasteiger partial charge on any atom is -0.485 e. The quantitative estimate of drug-likeness (QED) is 0.0977. The Kier molecular flexibility index (Phi) is 11.3. The van der Waals surface area contributed by atoms with Crippen LogP contribution in [0.15, 0.2) is 63.9 Å². The molecule has 2 fully saturated rings. The van der Waals surface area contributed by atoms with Crippen molar-refractivity contribution in [3.8, 4) is 5.75 Å². The first kappa shape index (κ1) is 33.7. The Morgan fingerprint density at radius 3 is 2.36 bits per heavy atom. The molecule has 1 atom stereocenters. The van der Waals surface area contributed by atoms with E-state index in [0.29, 0.717) is 28.1 Å². The fraction of sp³-hybridized carbons (Fsp3) is 0.500. The number of nitrogens with zero attached hydrogens (tertiary/aromatic N) is 12. The van der Waals surface area contributed by atoms with Gasteiger partial charge in [-0.15, -0.1) is 0 Å². The van der Waals surface area contributed by atoms with Crippen molar-refractivity contribution in [1.29, 1.82) is 0 Å². The molecule has 0 amide bonds. The van der Waals surface area contributed by atoms with Crippen molar-refractivity contribution in [2.24, 2.45) is 10.2 Å². The van der Waals surface area contributed by atoms with Gasteiger partial charge in [0, 0.05) is 83.6 Å². The second-order valence-electron chi connectivity index (χ2n) is 11.9. The summed E-state index contributed by atoms with van der Waals surface area (Å²) in [4.78, 5) is 26.7. The molecule has 250 valence electrons. The second kappa shape index (κ2) is 15.8. The maximum Gasteiger partial charge on any atom is 0.232 e. The maximum absolute atomic E-state index is 13.8. The van der Waals surface area contributed by atoms with E-state index in [1.165, 1.54) is 6.33 Å². The molecule has 1 aromatic heterocycles. The number of hydrogen-bond acceptors (Lipinski definition) is 12. The molecule has 0 saturated carbocycles. The summed E-state index contributed by atoms with van der Waals surface area (Å²) < 4.78 is 19.7. The van der Waals surface area contributed by atoms with E-state index in [9.17, 15) is 4.21 Å². The summed E-state index contributed by atoms with van der Waals surface area (Å²) in [6.45, 7) is 8.12. The van der Waals surface area contributed by atoms with Crippen LogP contribution in [0.4, 0.5) is 29.0 Å². The summed E-state index contributed by atoms with van der Waals surface area (Å²) in [5.41, 5.74) is 19.8. The van der Waals surface area contributed by atoms with Crippen LogP contribution in [0.2, 0.25) is 0 Å². The van der Waals surface area contributed by atoms with Crippen LogP contribution in [0.1, 0.15) is 19.8 Å². The van der Waals surface area contributed by atoms with Crippen molar-refractivity contribution in [2.45, 2.75) is 36.0 Å². The van der Waals surface area contributed by atoms with E-state index in [0.717, 1.165) is 57.8 Å². The number of likely N-dealkylation sites (N-methyl/N-ethyl adjacent to an activating group) is 1. The van der Waals surface area contributed by atoms with Gasteiger partial charge >= 0.3 is 0 Å². The predicted octanol–water partition coefficient (Wildman–Crippen LogP) is 4.93. The monoisotopic (exact) mass is 662 g/mol. The molecule has 3 aromatic rings. The summed E-state index contributed by atoms with van der Waals surface area (Å²) in [6.07, 6.45) is 5.25. The number of aromatic nitrogens is 3. The van der Waals surface area contributed by atoms with E-state index in [1.807, 2.05) is 30.3 Å². The molecule has 2 aromatic carbocycles. The number of benzene rings is 2. The number of ether oxygens (including phenoxy) is 1. The van der Waals surface area contributed by atoms with Gasteiger partial charge in [-0.25, -0.2) is 9.97 Å². The van der Waals surface area contributed by atoms with E-state index in [4.69, 9.17) is 15.8 Å². The van der Waals surface area contributed by atoms with Crippen molar-refractivity contribution in [1.82, 2.24) is 24.8 Å². The fourth-order valence-electron chi connectivity index (χ4n) is 5.90. The lowest BCUT2D eigenvalue weighted by Gasteiger charge is -2.42. The van der Waals surface area contributed by atoms with Crippen molar-refractivity contribution in [3.05, 3.63) is 69.7 Å². The van der Waals surface area contributed by atoms with Crippen LogP contribution in [-0.4, -0.2) is 106 Å². The van der Waals surface area contributed by atoms with Gasteiger partial charge < -0.3 is 25.2 Å². The zero-order valence-electron chi connectivity index (χ0n) is 27.0. The van der Waals surface area contributed by atoms with Gasteiger partial charge in [0.05, 0.1) is 11.4 Å². The van der Waals surface area contributed by atoms with Crippen LogP contribution in [-0.2, 0) is 9.93 Å². The minimum atomic E-state index is -2.93. The van der Waals surface area contributed by atoms with Crippen LogP contribution in [0, 0.1) is 0 Å². The molecule has 3 heterocycles. The molecule has 17 heteroatoms. The van der Waals surface area contributed by atoms with Gasteiger partial charge in [0.2, 0.25) is 11.9 Å². The number of hydrogen-bond donors (Lipinski definition) is 3. The number of para-hydroxylation sites is 1. The number of thiol groups is 1. The highest BCUT2D eigenvalue weighted by atomic mass is 32.2. The SMILES string of the molecule is CC(CN=[N+]=[N-])[SH](C)(=O)c1ccccc1Nc1ncnc(Nc2ccc(N3CCC(N4CCN(C)CC4)CC3)cc2OCN=[N+]=[N-])n1. The lowest BCUT2D eigenvalue weighted by atomic mass is 10.0. The normalized spacial score (nSPS) is 17.2. The number of piperazine rings is 1. The first-order valence-corrected chi connectivity index (χ1v) is 17.9. The zero-order valence-corrected chi connectivity index (χ0v) is 27.9. The molecule has 47 heavy (non-hydrogen) atoms. The molecule has 0 bridgehead atoms. The van der Waals surface area contributed by atoms with Crippen molar-refractivity contribution in [3.63, 3.8) is 0 Å². The summed E-state index contributed by atoms with van der Waals surface area (Å²) in [6, 6.07) is 13.7. The van der Waals surface area contributed by atoms with Gasteiger partial charge in [-0.05, 0) is 61.5 Å². The van der Waals surface area contributed by atoms with Crippen LogP contribution < -0.4 is 20.3 Å². The highest BCUT2D eigenvalue weighted by molar-refractivity contribution is 8.03. The lowest BCUT2D eigenvalue weighted by Crippen LogP contribution is -2.52.